The van der Waals surface area contributed by atoms with E-state index >= 15 is 0 Å². The van der Waals surface area contributed by atoms with Crippen molar-refractivity contribution >= 4 is 22.8 Å². The Morgan fingerprint density at radius 3 is 2.95 bits per heavy atom. The molecule has 0 aliphatic rings. The number of fused-ring (bicyclic) bond motifs is 1. The molecule has 0 unspecified atom stereocenters. The van der Waals surface area contributed by atoms with E-state index in [0.717, 1.165) is 22.8 Å². The van der Waals surface area contributed by atoms with Crippen molar-refractivity contribution < 1.29 is 4.79 Å². The molecular formula is C16H15N3O. The molecule has 0 aliphatic carbocycles. The van der Waals surface area contributed by atoms with Gasteiger partial charge in [0, 0.05) is 29.9 Å². The van der Waals surface area contributed by atoms with E-state index in [4.69, 9.17) is 5.26 Å². The maximum atomic E-state index is 11.9. The number of benzene rings is 1. The van der Waals surface area contributed by atoms with E-state index in [0.29, 0.717) is 6.54 Å². The van der Waals surface area contributed by atoms with Gasteiger partial charge in [0.25, 0.3) is 5.91 Å². The molecule has 2 aromatic rings. The lowest BCUT2D eigenvalue weighted by atomic mass is 10.1. The highest BCUT2D eigenvalue weighted by Crippen LogP contribution is 2.19. The molecular weight excluding hydrogens is 250 g/mol. The Bertz CT molecular complexity index is 693. The summed E-state index contributed by atoms with van der Waals surface area (Å²) in [5, 5.41) is 13.8. The minimum atomic E-state index is -0.345. The minimum absolute atomic E-state index is 0.0941. The Kier molecular flexibility index (Phi) is 4.46. The lowest BCUT2D eigenvalue weighted by Gasteiger charge is -2.04. The zero-order chi connectivity index (χ0) is 14.4. The first-order valence-corrected chi connectivity index (χ1v) is 6.49. The number of carbonyl (C=O) groups is 1. The molecule has 2 rings (SSSR count). The number of pyridine rings is 1. The number of hydrogen-bond acceptors (Lipinski definition) is 3. The first-order chi connectivity index (χ1) is 9.76. The van der Waals surface area contributed by atoms with Crippen LogP contribution in [0.5, 0.6) is 0 Å². The van der Waals surface area contributed by atoms with Crippen LogP contribution in [0.25, 0.3) is 16.8 Å². The fourth-order valence-corrected chi connectivity index (χ4v) is 1.89. The molecule has 0 spiro atoms. The first-order valence-electron chi connectivity index (χ1n) is 6.49. The number of carbonyl (C=O) groups excluding carboxylic acids is 1. The Morgan fingerprint density at radius 1 is 1.40 bits per heavy atom. The van der Waals surface area contributed by atoms with Gasteiger partial charge >= 0.3 is 0 Å². The molecule has 0 atom stereocenters. The van der Waals surface area contributed by atoms with E-state index < -0.39 is 0 Å². The maximum Gasteiger partial charge on any atom is 0.261 e. The maximum absolute atomic E-state index is 11.9. The molecule has 0 saturated heterocycles. The van der Waals surface area contributed by atoms with Gasteiger partial charge in [0.05, 0.1) is 0 Å². The first kappa shape index (κ1) is 13.8. The standard InChI is InChI=1S/C16H15N3O/c1-2-7-19-16(20)13(9-17)8-14-11-18-10-12-5-3-4-6-15(12)14/h3-6,8,10-11H,2,7H2,1H3,(H,19,20)/b13-8+. The smallest absolute Gasteiger partial charge is 0.261 e. The summed E-state index contributed by atoms with van der Waals surface area (Å²) in [4.78, 5) is 16.0. The number of nitrogens with zero attached hydrogens (tertiary/aromatic N) is 2. The summed E-state index contributed by atoms with van der Waals surface area (Å²) in [6, 6.07) is 9.69. The van der Waals surface area contributed by atoms with E-state index in [1.165, 1.54) is 0 Å². The summed E-state index contributed by atoms with van der Waals surface area (Å²) in [5.74, 6) is -0.345. The highest BCUT2D eigenvalue weighted by atomic mass is 16.1. The van der Waals surface area contributed by atoms with E-state index in [1.807, 2.05) is 37.3 Å². The molecule has 0 fully saturated rings. The van der Waals surface area contributed by atoms with Crippen LogP contribution in [0.3, 0.4) is 0 Å². The molecule has 1 heterocycles. The Morgan fingerprint density at radius 2 is 2.20 bits per heavy atom. The van der Waals surface area contributed by atoms with Crippen molar-refractivity contribution in [3.63, 3.8) is 0 Å². The lowest BCUT2D eigenvalue weighted by Crippen LogP contribution is -2.25. The third-order valence-electron chi connectivity index (χ3n) is 2.90. The monoisotopic (exact) mass is 265 g/mol. The average molecular weight is 265 g/mol. The highest BCUT2D eigenvalue weighted by Gasteiger charge is 2.09. The Labute approximate surface area is 117 Å². The number of rotatable bonds is 4. The van der Waals surface area contributed by atoms with E-state index in [-0.39, 0.29) is 11.5 Å². The van der Waals surface area contributed by atoms with Crippen LogP contribution in [0.4, 0.5) is 0 Å². The second kappa shape index (κ2) is 6.48. The summed E-state index contributed by atoms with van der Waals surface area (Å²) in [5.41, 5.74) is 0.864. The predicted octanol–water partition coefficient (Wildman–Crippen LogP) is 2.67. The molecule has 4 heteroatoms. The SMILES string of the molecule is CCCNC(=O)/C(C#N)=C/c1cncc2ccccc12. The summed E-state index contributed by atoms with van der Waals surface area (Å²) in [6.45, 7) is 2.52. The molecule has 4 nitrogen and oxygen atoms in total. The van der Waals surface area contributed by atoms with Gasteiger partial charge in [0.2, 0.25) is 0 Å². The quantitative estimate of drug-likeness (QED) is 0.682. The third kappa shape index (κ3) is 3.01. The van der Waals surface area contributed by atoms with Crippen LogP contribution in [-0.4, -0.2) is 17.4 Å². The molecule has 1 N–H and O–H groups in total. The van der Waals surface area contributed by atoms with Crippen LogP contribution in [0.1, 0.15) is 18.9 Å². The second-order valence-corrected chi connectivity index (χ2v) is 4.38. The van der Waals surface area contributed by atoms with E-state index in [2.05, 4.69) is 10.3 Å². The van der Waals surface area contributed by atoms with Gasteiger partial charge < -0.3 is 5.32 Å². The van der Waals surface area contributed by atoms with Crippen molar-refractivity contribution in [1.82, 2.24) is 10.3 Å². The van der Waals surface area contributed by atoms with Crippen molar-refractivity contribution in [2.75, 3.05) is 6.54 Å². The summed E-state index contributed by atoms with van der Waals surface area (Å²) < 4.78 is 0. The van der Waals surface area contributed by atoms with Gasteiger partial charge in [-0.05, 0) is 17.9 Å². The molecule has 1 aromatic carbocycles. The minimum Gasteiger partial charge on any atom is -0.351 e. The van der Waals surface area contributed by atoms with Crippen LogP contribution >= 0.6 is 0 Å². The van der Waals surface area contributed by atoms with Gasteiger partial charge in [-0.2, -0.15) is 5.26 Å². The molecule has 0 radical (unpaired) electrons. The third-order valence-corrected chi connectivity index (χ3v) is 2.90. The number of aromatic nitrogens is 1. The van der Waals surface area contributed by atoms with Crippen LogP contribution in [-0.2, 0) is 4.79 Å². The Balaban J connectivity index is 2.40. The van der Waals surface area contributed by atoms with Crippen molar-refractivity contribution in [1.29, 1.82) is 5.26 Å². The van der Waals surface area contributed by atoms with E-state index in [1.54, 1.807) is 18.5 Å². The normalized spacial score (nSPS) is 11.1. The number of nitrogens with one attached hydrogen (secondary N) is 1. The van der Waals surface area contributed by atoms with Crippen molar-refractivity contribution in [2.45, 2.75) is 13.3 Å². The second-order valence-electron chi connectivity index (χ2n) is 4.38. The summed E-state index contributed by atoms with van der Waals surface area (Å²) in [7, 11) is 0. The van der Waals surface area contributed by atoms with Gasteiger partial charge in [-0.25, -0.2) is 0 Å². The zero-order valence-electron chi connectivity index (χ0n) is 11.3. The molecule has 1 amide bonds. The van der Waals surface area contributed by atoms with Gasteiger partial charge in [-0.15, -0.1) is 0 Å². The highest BCUT2D eigenvalue weighted by molar-refractivity contribution is 6.03. The zero-order valence-corrected chi connectivity index (χ0v) is 11.3. The fourth-order valence-electron chi connectivity index (χ4n) is 1.89. The van der Waals surface area contributed by atoms with E-state index in [9.17, 15) is 4.79 Å². The van der Waals surface area contributed by atoms with Gasteiger partial charge in [-0.3, -0.25) is 9.78 Å². The number of nitriles is 1. The van der Waals surface area contributed by atoms with Crippen LogP contribution < -0.4 is 5.32 Å². The molecule has 0 saturated carbocycles. The topological polar surface area (TPSA) is 65.8 Å². The molecule has 0 bridgehead atoms. The fraction of sp³-hybridized carbons (Fsp3) is 0.188. The van der Waals surface area contributed by atoms with Crippen molar-refractivity contribution in [3.05, 3.63) is 47.8 Å². The number of amides is 1. The van der Waals surface area contributed by atoms with Crippen molar-refractivity contribution in [2.24, 2.45) is 0 Å². The predicted molar refractivity (Wildman–Crippen MR) is 78.6 cm³/mol. The van der Waals surface area contributed by atoms with Crippen LogP contribution in [0.2, 0.25) is 0 Å². The molecule has 1 aromatic heterocycles. The van der Waals surface area contributed by atoms with Crippen molar-refractivity contribution in [3.8, 4) is 6.07 Å². The largest absolute Gasteiger partial charge is 0.351 e. The average Bonchev–Trinajstić information content (AvgIpc) is 2.50. The molecule has 0 aliphatic heterocycles. The molecule has 100 valence electrons. The van der Waals surface area contributed by atoms with Gasteiger partial charge in [-0.1, -0.05) is 31.2 Å². The van der Waals surface area contributed by atoms with Gasteiger partial charge in [0.1, 0.15) is 11.6 Å². The summed E-state index contributed by atoms with van der Waals surface area (Å²) in [6.07, 6.45) is 5.84. The number of hydrogen-bond donors (Lipinski definition) is 1. The molecule has 20 heavy (non-hydrogen) atoms. The Hall–Kier alpha value is -2.67. The van der Waals surface area contributed by atoms with Crippen LogP contribution in [0.15, 0.2) is 42.2 Å². The van der Waals surface area contributed by atoms with Crippen LogP contribution in [0, 0.1) is 11.3 Å². The lowest BCUT2D eigenvalue weighted by molar-refractivity contribution is -0.117. The van der Waals surface area contributed by atoms with Gasteiger partial charge in [0.15, 0.2) is 0 Å². The summed E-state index contributed by atoms with van der Waals surface area (Å²) >= 11 is 0.